The topological polar surface area (TPSA) is 76.1 Å². The maximum absolute atomic E-state index is 12.9. The molecule has 2 unspecified atom stereocenters. The summed E-state index contributed by atoms with van der Waals surface area (Å²) in [4.78, 5) is 31.7. The summed E-state index contributed by atoms with van der Waals surface area (Å²) in [6, 6.07) is 0.545. The van der Waals surface area contributed by atoms with Gasteiger partial charge in [0.25, 0.3) is 0 Å². The van der Waals surface area contributed by atoms with Gasteiger partial charge >= 0.3 is 12.1 Å². The number of fused-ring (bicyclic) bond motifs is 2. The maximum atomic E-state index is 12.9. The van der Waals surface area contributed by atoms with E-state index in [9.17, 15) is 14.7 Å². The van der Waals surface area contributed by atoms with Crippen molar-refractivity contribution in [3.05, 3.63) is 0 Å². The molecule has 152 valence electrons. The van der Waals surface area contributed by atoms with Gasteiger partial charge < -0.3 is 25.1 Å². The van der Waals surface area contributed by atoms with Crippen molar-refractivity contribution >= 4 is 12.1 Å². The molecule has 0 saturated carbocycles. The minimum absolute atomic E-state index is 0.00321. The predicted molar refractivity (Wildman–Crippen MR) is 102 cm³/mol. The first-order valence-electron chi connectivity index (χ1n) is 10.9. The Bertz CT molecular complexity index is 535. The van der Waals surface area contributed by atoms with E-state index in [1.165, 1.54) is 12.8 Å². The molecule has 4 heterocycles. The number of rotatable bonds is 1. The van der Waals surface area contributed by atoms with Crippen LogP contribution >= 0.6 is 0 Å². The molecule has 0 aromatic heterocycles. The number of aliphatic hydroxyl groups is 1. The second kappa shape index (κ2) is 8.25. The Morgan fingerprint density at radius 3 is 2.11 bits per heavy atom. The molecule has 4 amide bonds. The van der Waals surface area contributed by atoms with Crippen LogP contribution in [0, 0.1) is 0 Å². The molecule has 0 spiro atoms. The summed E-state index contributed by atoms with van der Waals surface area (Å²) in [5.74, 6) is 0. The Morgan fingerprint density at radius 2 is 1.44 bits per heavy atom. The van der Waals surface area contributed by atoms with Gasteiger partial charge in [0.2, 0.25) is 0 Å². The molecule has 4 saturated heterocycles. The van der Waals surface area contributed by atoms with Crippen molar-refractivity contribution in [3.8, 4) is 0 Å². The number of amides is 4. The monoisotopic (exact) mass is 378 g/mol. The summed E-state index contributed by atoms with van der Waals surface area (Å²) < 4.78 is 0. The molecule has 2 bridgehead atoms. The molecule has 0 radical (unpaired) electrons. The number of carbonyl (C=O) groups excluding carboxylic acids is 2. The lowest BCUT2D eigenvalue weighted by Crippen LogP contribution is -2.58. The molecule has 4 aliphatic heterocycles. The molecule has 7 nitrogen and oxygen atoms in total. The minimum atomic E-state index is -0.261. The number of carbonyl (C=O) groups is 2. The lowest BCUT2D eigenvalue weighted by atomic mass is 10.0. The maximum Gasteiger partial charge on any atom is 0.320 e. The zero-order valence-electron chi connectivity index (χ0n) is 16.3. The van der Waals surface area contributed by atoms with Crippen molar-refractivity contribution in [2.24, 2.45) is 0 Å². The third kappa shape index (κ3) is 4.18. The minimum Gasteiger partial charge on any atom is -0.393 e. The van der Waals surface area contributed by atoms with Gasteiger partial charge in [-0.15, -0.1) is 0 Å². The van der Waals surface area contributed by atoms with E-state index in [2.05, 4.69) is 5.32 Å². The molecular formula is C20H34N4O3. The van der Waals surface area contributed by atoms with Crippen LogP contribution in [0.4, 0.5) is 9.59 Å². The number of hydrogen-bond donors (Lipinski definition) is 2. The molecule has 2 N–H and O–H groups in total. The van der Waals surface area contributed by atoms with Gasteiger partial charge in [-0.3, -0.25) is 0 Å². The summed E-state index contributed by atoms with van der Waals surface area (Å²) in [6.07, 6.45) is 9.65. The van der Waals surface area contributed by atoms with E-state index >= 15 is 0 Å². The Kier molecular flexibility index (Phi) is 5.76. The largest absolute Gasteiger partial charge is 0.393 e. The molecule has 3 atom stereocenters. The summed E-state index contributed by atoms with van der Waals surface area (Å²) in [6.45, 7) is 3.15. The van der Waals surface area contributed by atoms with E-state index in [-0.39, 0.29) is 36.3 Å². The molecule has 27 heavy (non-hydrogen) atoms. The summed E-state index contributed by atoms with van der Waals surface area (Å²) >= 11 is 0. The normalized spacial score (nSPS) is 34.3. The van der Waals surface area contributed by atoms with E-state index in [0.29, 0.717) is 19.4 Å². The van der Waals surface area contributed by atoms with Crippen LogP contribution in [0.15, 0.2) is 0 Å². The first kappa shape index (κ1) is 18.8. The van der Waals surface area contributed by atoms with Crippen LogP contribution < -0.4 is 5.32 Å². The predicted octanol–water partition coefficient (Wildman–Crippen LogP) is 2.14. The van der Waals surface area contributed by atoms with Crippen molar-refractivity contribution in [1.29, 1.82) is 0 Å². The van der Waals surface area contributed by atoms with Crippen LogP contribution in [0.25, 0.3) is 0 Å². The summed E-state index contributed by atoms with van der Waals surface area (Å²) in [5.41, 5.74) is 0. The fraction of sp³-hybridized carbons (Fsp3) is 0.900. The van der Waals surface area contributed by atoms with Gasteiger partial charge in [0.15, 0.2) is 0 Å². The van der Waals surface area contributed by atoms with Crippen molar-refractivity contribution in [1.82, 2.24) is 20.0 Å². The third-order valence-electron chi connectivity index (χ3n) is 6.84. The lowest BCUT2D eigenvalue weighted by Gasteiger charge is -2.40. The van der Waals surface area contributed by atoms with E-state index in [1.807, 2.05) is 14.7 Å². The second-order valence-corrected chi connectivity index (χ2v) is 8.84. The Hall–Kier alpha value is -1.50. The summed E-state index contributed by atoms with van der Waals surface area (Å²) in [7, 11) is 0. The first-order chi connectivity index (χ1) is 13.1. The molecular weight excluding hydrogens is 344 g/mol. The quantitative estimate of drug-likeness (QED) is 0.734. The molecule has 0 aromatic rings. The Balaban J connectivity index is 1.32. The molecule has 7 heteroatoms. The highest BCUT2D eigenvalue weighted by Gasteiger charge is 2.43. The number of likely N-dealkylation sites (tertiary alicyclic amines) is 2. The average Bonchev–Trinajstić information content (AvgIpc) is 2.84. The van der Waals surface area contributed by atoms with E-state index < -0.39 is 0 Å². The van der Waals surface area contributed by atoms with Gasteiger partial charge in [0.1, 0.15) is 0 Å². The molecule has 4 fully saturated rings. The van der Waals surface area contributed by atoms with Crippen LogP contribution in [-0.4, -0.2) is 82.3 Å². The zero-order valence-corrected chi connectivity index (χ0v) is 16.3. The highest BCUT2D eigenvalue weighted by Crippen LogP contribution is 2.35. The Morgan fingerprint density at radius 1 is 0.815 bits per heavy atom. The van der Waals surface area contributed by atoms with Gasteiger partial charge in [-0.2, -0.15) is 0 Å². The average molecular weight is 379 g/mol. The van der Waals surface area contributed by atoms with Gasteiger partial charge in [0.05, 0.1) is 6.10 Å². The van der Waals surface area contributed by atoms with E-state index in [0.717, 1.165) is 58.2 Å². The SMILES string of the molecule is O=C(N1CCCCCC1)N1CCC[C@H](NC(=O)N2C3CCC2CC(O)C3)C1. The third-order valence-corrected chi connectivity index (χ3v) is 6.84. The van der Waals surface area contributed by atoms with Crippen LogP contribution in [0.1, 0.15) is 64.2 Å². The van der Waals surface area contributed by atoms with Gasteiger partial charge in [-0.05, 0) is 51.4 Å². The lowest BCUT2D eigenvalue weighted by molar-refractivity contribution is 0.0522. The van der Waals surface area contributed by atoms with Gasteiger partial charge in [-0.25, -0.2) is 9.59 Å². The van der Waals surface area contributed by atoms with E-state index in [4.69, 9.17) is 0 Å². The van der Waals surface area contributed by atoms with E-state index in [1.54, 1.807) is 0 Å². The number of aliphatic hydroxyl groups excluding tert-OH is 1. The van der Waals surface area contributed by atoms with Crippen molar-refractivity contribution in [2.45, 2.75) is 88.4 Å². The van der Waals surface area contributed by atoms with Crippen LogP contribution in [0.5, 0.6) is 0 Å². The van der Waals surface area contributed by atoms with Crippen LogP contribution in [0.2, 0.25) is 0 Å². The molecule has 0 aliphatic carbocycles. The number of urea groups is 2. The zero-order chi connectivity index (χ0) is 18.8. The van der Waals surface area contributed by atoms with Crippen molar-refractivity contribution < 1.29 is 14.7 Å². The molecule has 0 aromatic carbocycles. The summed E-state index contributed by atoms with van der Waals surface area (Å²) in [5, 5.41) is 13.1. The van der Waals surface area contributed by atoms with Crippen molar-refractivity contribution in [2.75, 3.05) is 26.2 Å². The second-order valence-electron chi connectivity index (χ2n) is 8.84. The number of hydrogen-bond acceptors (Lipinski definition) is 3. The number of piperidine rings is 2. The van der Waals surface area contributed by atoms with Crippen LogP contribution in [0.3, 0.4) is 0 Å². The highest BCUT2D eigenvalue weighted by atomic mass is 16.3. The Labute approximate surface area is 162 Å². The van der Waals surface area contributed by atoms with Crippen LogP contribution in [-0.2, 0) is 0 Å². The number of nitrogens with one attached hydrogen (secondary N) is 1. The number of nitrogens with zero attached hydrogens (tertiary/aromatic N) is 3. The van der Waals surface area contributed by atoms with Gasteiger partial charge in [-0.1, -0.05) is 12.8 Å². The van der Waals surface area contributed by atoms with Gasteiger partial charge in [0, 0.05) is 44.3 Å². The van der Waals surface area contributed by atoms with Crippen molar-refractivity contribution in [3.63, 3.8) is 0 Å². The first-order valence-corrected chi connectivity index (χ1v) is 10.9. The standard InChI is InChI=1S/C20H34N4O3/c25-18-12-16-7-8-17(13-18)24(16)19(26)21-15-6-5-11-23(14-15)20(27)22-9-3-1-2-4-10-22/h15-18,25H,1-14H2,(H,21,26)/t15-,16?,17?,18?/m0/s1. The molecule has 4 rings (SSSR count). The molecule has 4 aliphatic rings. The smallest absolute Gasteiger partial charge is 0.320 e. The fourth-order valence-corrected chi connectivity index (χ4v) is 5.46. The highest BCUT2D eigenvalue weighted by molar-refractivity contribution is 5.77. The fourth-order valence-electron chi connectivity index (χ4n) is 5.46.